The fourth-order valence-electron chi connectivity index (χ4n) is 2.28. The van der Waals surface area contributed by atoms with E-state index in [1.165, 1.54) is 5.56 Å². The van der Waals surface area contributed by atoms with Gasteiger partial charge in [0, 0.05) is 13.2 Å². The first-order valence-electron chi connectivity index (χ1n) is 6.06. The maximum absolute atomic E-state index is 4.15. The van der Waals surface area contributed by atoms with E-state index in [0.29, 0.717) is 6.04 Å². The number of pyridine rings is 1. The number of anilines is 1. The largest absolute Gasteiger partial charge is 0.291 e. The van der Waals surface area contributed by atoms with Gasteiger partial charge in [0.05, 0.1) is 24.5 Å². The number of rotatable bonds is 2. The van der Waals surface area contributed by atoms with E-state index in [2.05, 4.69) is 57.9 Å². The summed E-state index contributed by atoms with van der Waals surface area (Å²) in [5, 5.41) is 4.24. The molecular formula is C14H16N4. The average Bonchev–Trinajstić information content (AvgIpc) is 2.83. The van der Waals surface area contributed by atoms with Crippen molar-refractivity contribution in [2.24, 2.45) is 0 Å². The third-order valence-electron chi connectivity index (χ3n) is 3.24. The lowest BCUT2D eigenvalue weighted by Gasteiger charge is -2.18. The number of nitrogens with one attached hydrogen (secondary N) is 1. The molecule has 0 amide bonds. The van der Waals surface area contributed by atoms with Gasteiger partial charge in [-0.2, -0.15) is 5.53 Å². The molecule has 2 heterocycles. The standard InChI is InChI=1S/C14H16N4/c1-17-14(12-6-3-2-4-7-12)11-18(16-17)13-8-5-9-15-10-13/h2-10,14,16H,11H2,1H3. The molecule has 1 saturated heterocycles. The Morgan fingerprint density at radius 2 is 2.00 bits per heavy atom. The summed E-state index contributed by atoms with van der Waals surface area (Å²) in [5.74, 6) is 0. The van der Waals surface area contributed by atoms with Crippen LogP contribution in [-0.2, 0) is 0 Å². The van der Waals surface area contributed by atoms with Crippen molar-refractivity contribution in [2.45, 2.75) is 6.04 Å². The van der Waals surface area contributed by atoms with E-state index in [-0.39, 0.29) is 0 Å². The summed E-state index contributed by atoms with van der Waals surface area (Å²) in [5.41, 5.74) is 5.75. The van der Waals surface area contributed by atoms with Gasteiger partial charge in [-0.25, -0.2) is 5.01 Å². The van der Waals surface area contributed by atoms with E-state index in [1.807, 2.05) is 18.3 Å². The molecule has 1 N–H and O–H groups in total. The highest BCUT2D eigenvalue weighted by Gasteiger charge is 2.28. The van der Waals surface area contributed by atoms with Crippen LogP contribution in [0.3, 0.4) is 0 Å². The number of aromatic nitrogens is 1. The molecule has 4 heteroatoms. The molecule has 1 aromatic carbocycles. The van der Waals surface area contributed by atoms with Gasteiger partial charge in [0.15, 0.2) is 0 Å². The first-order chi connectivity index (χ1) is 8.84. The minimum Gasteiger partial charge on any atom is -0.291 e. The lowest BCUT2D eigenvalue weighted by Crippen LogP contribution is -2.37. The van der Waals surface area contributed by atoms with E-state index in [1.54, 1.807) is 6.20 Å². The van der Waals surface area contributed by atoms with Gasteiger partial charge in [0.25, 0.3) is 0 Å². The van der Waals surface area contributed by atoms with Crippen molar-refractivity contribution < 1.29 is 0 Å². The third kappa shape index (κ3) is 2.08. The van der Waals surface area contributed by atoms with Gasteiger partial charge < -0.3 is 0 Å². The molecule has 0 saturated carbocycles. The average molecular weight is 240 g/mol. The van der Waals surface area contributed by atoms with Crippen molar-refractivity contribution >= 4 is 5.69 Å². The third-order valence-corrected chi connectivity index (χ3v) is 3.24. The molecule has 0 bridgehead atoms. The van der Waals surface area contributed by atoms with Crippen LogP contribution in [0.1, 0.15) is 11.6 Å². The summed E-state index contributed by atoms with van der Waals surface area (Å²) in [7, 11) is 2.06. The van der Waals surface area contributed by atoms with Gasteiger partial charge >= 0.3 is 0 Å². The lowest BCUT2D eigenvalue weighted by atomic mass is 10.1. The molecule has 3 rings (SSSR count). The zero-order valence-corrected chi connectivity index (χ0v) is 10.3. The van der Waals surface area contributed by atoms with Crippen LogP contribution in [0.2, 0.25) is 0 Å². The molecule has 2 aromatic rings. The van der Waals surface area contributed by atoms with E-state index in [0.717, 1.165) is 12.2 Å². The number of hydrogen-bond donors (Lipinski definition) is 1. The molecule has 0 aliphatic carbocycles. The minimum atomic E-state index is 0.353. The Morgan fingerprint density at radius 3 is 2.72 bits per heavy atom. The summed E-state index contributed by atoms with van der Waals surface area (Å²) in [4.78, 5) is 4.15. The van der Waals surface area contributed by atoms with E-state index in [4.69, 9.17) is 0 Å². The molecule has 0 radical (unpaired) electrons. The molecule has 92 valence electrons. The molecule has 1 fully saturated rings. The highest BCUT2D eigenvalue weighted by atomic mass is 15.8. The normalized spacial score (nSPS) is 20.3. The molecule has 1 unspecified atom stereocenters. The van der Waals surface area contributed by atoms with Crippen LogP contribution in [0.25, 0.3) is 0 Å². The van der Waals surface area contributed by atoms with Crippen molar-refractivity contribution in [1.29, 1.82) is 0 Å². The van der Waals surface area contributed by atoms with Crippen LogP contribution >= 0.6 is 0 Å². The summed E-state index contributed by atoms with van der Waals surface area (Å²) in [6, 6.07) is 14.9. The molecule has 1 aliphatic heterocycles. The smallest absolute Gasteiger partial charge is 0.0717 e. The maximum Gasteiger partial charge on any atom is 0.0717 e. The summed E-state index contributed by atoms with van der Waals surface area (Å²) < 4.78 is 0. The van der Waals surface area contributed by atoms with Gasteiger partial charge in [-0.3, -0.25) is 9.99 Å². The van der Waals surface area contributed by atoms with Gasteiger partial charge in [0.1, 0.15) is 0 Å². The SMILES string of the molecule is CN1NN(c2cccnc2)CC1c1ccccc1. The van der Waals surface area contributed by atoms with Crippen LogP contribution in [0.5, 0.6) is 0 Å². The van der Waals surface area contributed by atoms with Crippen LogP contribution in [0, 0.1) is 0 Å². The second-order valence-electron chi connectivity index (χ2n) is 4.46. The van der Waals surface area contributed by atoms with E-state index in [9.17, 15) is 0 Å². The topological polar surface area (TPSA) is 31.4 Å². The molecule has 1 aliphatic rings. The fraction of sp³-hybridized carbons (Fsp3) is 0.214. The number of likely N-dealkylation sites (N-methyl/N-ethyl adjacent to an activating group) is 1. The van der Waals surface area contributed by atoms with E-state index < -0.39 is 0 Å². The second-order valence-corrected chi connectivity index (χ2v) is 4.46. The first-order valence-corrected chi connectivity index (χ1v) is 6.06. The Kier molecular flexibility index (Phi) is 2.96. The minimum absolute atomic E-state index is 0.353. The van der Waals surface area contributed by atoms with E-state index >= 15 is 0 Å². The zero-order valence-electron chi connectivity index (χ0n) is 10.3. The molecule has 4 nitrogen and oxygen atoms in total. The number of benzene rings is 1. The predicted molar refractivity (Wildman–Crippen MR) is 71.7 cm³/mol. The Balaban J connectivity index is 1.81. The first kappa shape index (κ1) is 11.2. The van der Waals surface area contributed by atoms with Crippen molar-refractivity contribution in [1.82, 2.24) is 15.5 Å². The number of nitrogens with zero attached hydrogens (tertiary/aromatic N) is 3. The number of hydrogen-bond acceptors (Lipinski definition) is 4. The summed E-state index contributed by atoms with van der Waals surface area (Å²) in [6.45, 7) is 0.909. The van der Waals surface area contributed by atoms with Gasteiger partial charge in [-0.1, -0.05) is 30.3 Å². The van der Waals surface area contributed by atoms with Gasteiger partial charge in [-0.15, -0.1) is 0 Å². The predicted octanol–water partition coefficient (Wildman–Crippen LogP) is 1.99. The van der Waals surface area contributed by atoms with Crippen molar-refractivity contribution in [3.05, 3.63) is 60.4 Å². The second kappa shape index (κ2) is 4.76. The van der Waals surface area contributed by atoms with Crippen molar-refractivity contribution in [3.63, 3.8) is 0 Å². The Morgan fingerprint density at radius 1 is 1.17 bits per heavy atom. The van der Waals surface area contributed by atoms with Crippen molar-refractivity contribution in [3.8, 4) is 0 Å². The number of hydrazine groups is 2. The van der Waals surface area contributed by atoms with Crippen LogP contribution < -0.4 is 10.5 Å². The quantitative estimate of drug-likeness (QED) is 0.870. The molecular weight excluding hydrogens is 224 g/mol. The van der Waals surface area contributed by atoms with Gasteiger partial charge in [-0.05, 0) is 17.7 Å². The van der Waals surface area contributed by atoms with Gasteiger partial charge in [0.2, 0.25) is 0 Å². The Labute approximate surface area is 107 Å². The lowest BCUT2D eigenvalue weighted by molar-refractivity contribution is 0.240. The van der Waals surface area contributed by atoms with Crippen molar-refractivity contribution in [2.75, 3.05) is 18.6 Å². The zero-order chi connectivity index (χ0) is 12.4. The monoisotopic (exact) mass is 240 g/mol. The molecule has 1 atom stereocenters. The Hall–Kier alpha value is -1.91. The highest BCUT2D eigenvalue weighted by Crippen LogP contribution is 2.26. The molecule has 18 heavy (non-hydrogen) atoms. The molecule has 1 aromatic heterocycles. The highest BCUT2D eigenvalue weighted by molar-refractivity contribution is 5.43. The molecule has 0 spiro atoms. The van der Waals surface area contributed by atoms with Crippen LogP contribution in [0.15, 0.2) is 54.9 Å². The summed E-state index contributed by atoms with van der Waals surface area (Å²) >= 11 is 0. The fourth-order valence-corrected chi connectivity index (χ4v) is 2.28. The van der Waals surface area contributed by atoms with Crippen LogP contribution in [0.4, 0.5) is 5.69 Å². The van der Waals surface area contributed by atoms with Crippen LogP contribution in [-0.4, -0.2) is 23.6 Å². The maximum atomic E-state index is 4.15. The Bertz CT molecular complexity index is 500. The summed E-state index contributed by atoms with van der Waals surface area (Å²) in [6.07, 6.45) is 3.66.